The molecular formula is C19H26F2N2O2. The van der Waals surface area contributed by atoms with Crippen LogP contribution < -0.4 is 0 Å². The number of piperidine rings is 1. The Balaban J connectivity index is 1.44. The molecule has 25 heavy (non-hydrogen) atoms. The van der Waals surface area contributed by atoms with E-state index in [1.54, 1.807) is 0 Å². The normalized spacial score (nSPS) is 22.3. The third kappa shape index (κ3) is 4.76. The molecule has 2 aliphatic heterocycles. The molecule has 138 valence electrons. The Morgan fingerprint density at radius 2 is 2.04 bits per heavy atom. The maximum atomic E-state index is 13.8. The summed E-state index contributed by atoms with van der Waals surface area (Å²) >= 11 is 0. The molecule has 2 saturated heterocycles. The van der Waals surface area contributed by atoms with Crippen LogP contribution in [0.1, 0.15) is 24.8 Å². The van der Waals surface area contributed by atoms with Crippen molar-refractivity contribution < 1.29 is 18.3 Å². The zero-order valence-electron chi connectivity index (χ0n) is 14.7. The van der Waals surface area contributed by atoms with Gasteiger partial charge in [0.05, 0.1) is 12.5 Å². The van der Waals surface area contributed by atoms with Crippen LogP contribution in [0.4, 0.5) is 8.78 Å². The lowest BCUT2D eigenvalue weighted by Gasteiger charge is -2.34. The number of rotatable bonds is 5. The molecule has 3 rings (SSSR count). The summed E-state index contributed by atoms with van der Waals surface area (Å²) < 4.78 is 32.0. The average molecular weight is 352 g/mol. The Hall–Kier alpha value is -1.53. The van der Waals surface area contributed by atoms with Crippen LogP contribution in [-0.2, 0) is 16.1 Å². The lowest BCUT2D eigenvalue weighted by atomic mass is 9.95. The second kappa shape index (κ2) is 8.23. The van der Waals surface area contributed by atoms with Gasteiger partial charge >= 0.3 is 0 Å². The molecule has 1 amide bonds. The predicted molar refractivity (Wildman–Crippen MR) is 90.9 cm³/mol. The summed E-state index contributed by atoms with van der Waals surface area (Å²) in [5, 5.41) is 0. The zero-order valence-corrected chi connectivity index (χ0v) is 14.7. The minimum Gasteiger partial charge on any atom is -0.381 e. The molecule has 1 atom stereocenters. The van der Waals surface area contributed by atoms with Crippen molar-refractivity contribution in [1.29, 1.82) is 0 Å². The van der Waals surface area contributed by atoms with E-state index < -0.39 is 11.6 Å². The number of benzene rings is 1. The van der Waals surface area contributed by atoms with Gasteiger partial charge in [-0.15, -0.1) is 0 Å². The first-order chi connectivity index (χ1) is 12.0. The van der Waals surface area contributed by atoms with Crippen LogP contribution in [-0.4, -0.2) is 55.6 Å². The summed E-state index contributed by atoms with van der Waals surface area (Å²) in [5.74, 6) is -0.336. The number of hydrogen-bond acceptors (Lipinski definition) is 3. The van der Waals surface area contributed by atoms with Gasteiger partial charge in [-0.2, -0.15) is 0 Å². The van der Waals surface area contributed by atoms with Crippen molar-refractivity contribution >= 4 is 5.91 Å². The topological polar surface area (TPSA) is 32.8 Å². The lowest BCUT2D eigenvalue weighted by Crippen LogP contribution is -2.41. The van der Waals surface area contributed by atoms with E-state index in [0.717, 1.165) is 45.0 Å². The molecule has 4 nitrogen and oxygen atoms in total. The van der Waals surface area contributed by atoms with E-state index >= 15 is 0 Å². The SMILES string of the molecule is CN(CC1CCN(Cc2ccc(F)cc2F)CC1)C(=O)C1CCOC1. The molecular weight excluding hydrogens is 326 g/mol. The first kappa shape index (κ1) is 18.3. The predicted octanol–water partition coefficient (Wildman–Crippen LogP) is 2.67. The maximum Gasteiger partial charge on any atom is 0.227 e. The van der Waals surface area contributed by atoms with E-state index in [2.05, 4.69) is 4.90 Å². The number of hydrogen-bond donors (Lipinski definition) is 0. The Morgan fingerprint density at radius 1 is 1.28 bits per heavy atom. The van der Waals surface area contributed by atoms with Crippen molar-refractivity contribution in [2.75, 3.05) is 39.9 Å². The number of carbonyl (C=O) groups is 1. The minimum atomic E-state index is -0.541. The third-order valence-corrected chi connectivity index (χ3v) is 5.30. The van der Waals surface area contributed by atoms with Crippen molar-refractivity contribution in [3.05, 3.63) is 35.4 Å². The molecule has 1 unspecified atom stereocenters. The van der Waals surface area contributed by atoms with Gasteiger partial charge < -0.3 is 9.64 Å². The molecule has 0 aliphatic carbocycles. The highest BCUT2D eigenvalue weighted by molar-refractivity contribution is 5.78. The van der Waals surface area contributed by atoms with E-state index in [4.69, 9.17) is 4.74 Å². The van der Waals surface area contributed by atoms with Crippen molar-refractivity contribution in [3.63, 3.8) is 0 Å². The van der Waals surface area contributed by atoms with Crippen LogP contribution in [0.2, 0.25) is 0 Å². The van der Waals surface area contributed by atoms with Gasteiger partial charge in [-0.3, -0.25) is 9.69 Å². The molecule has 2 heterocycles. The molecule has 1 aromatic carbocycles. The van der Waals surface area contributed by atoms with Crippen LogP contribution >= 0.6 is 0 Å². The van der Waals surface area contributed by atoms with E-state index in [0.29, 0.717) is 31.2 Å². The third-order valence-electron chi connectivity index (χ3n) is 5.30. The van der Waals surface area contributed by atoms with Gasteiger partial charge in [-0.25, -0.2) is 8.78 Å². The van der Waals surface area contributed by atoms with Gasteiger partial charge in [0, 0.05) is 38.4 Å². The smallest absolute Gasteiger partial charge is 0.227 e. The van der Waals surface area contributed by atoms with Gasteiger partial charge in [-0.1, -0.05) is 6.07 Å². The molecule has 1 aromatic rings. The van der Waals surface area contributed by atoms with Crippen molar-refractivity contribution in [3.8, 4) is 0 Å². The Morgan fingerprint density at radius 3 is 2.68 bits per heavy atom. The Bertz CT molecular complexity index is 597. The van der Waals surface area contributed by atoms with Gasteiger partial charge in [-0.05, 0) is 44.3 Å². The molecule has 0 N–H and O–H groups in total. The molecule has 0 saturated carbocycles. The van der Waals surface area contributed by atoms with Gasteiger partial charge in [0.1, 0.15) is 11.6 Å². The fourth-order valence-electron chi connectivity index (χ4n) is 3.74. The number of likely N-dealkylation sites (tertiary alicyclic amines) is 1. The summed E-state index contributed by atoms with van der Waals surface area (Å²) in [6.45, 7) is 4.25. The molecule has 2 aliphatic rings. The first-order valence-electron chi connectivity index (χ1n) is 9.02. The van der Waals surface area contributed by atoms with Crippen LogP contribution in [0.3, 0.4) is 0 Å². The second-order valence-corrected chi connectivity index (χ2v) is 7.23. The molecule has 6 heteroatoms. The van der Waals surface area contributed by atoms with E-state index in [9.17, 15) is 13.6 Å². The monoisotopic (exact) mass is 352 g/mol. The second-order valence-electron chi connectivity index (χ2n) is 7.23. The molecule has 0 bridgehead atoms. The Kier molecular flexibility index (Phi) is 6.02. The summed E-state index contributed by atoms with van der Waals surface area (Å²) in [7, 11) is 1.88. The highest BCUT2D eigenvalue weighted by Crippen LogP contribution is 2.22. The quantitative estimate of drug-likeness (QED) is 0.817. The largest absolute Gasteiger partial charge is 0.381 e. The van der Waals surface area contributed by atoms with Crippen molar-refractivity contribution in [2.24, 2.45) is 11.8 Å². The van der Waals surface area contributed by atoms with Crippen LogP contribution in [0, 0.1) is 23.5 Å². The molecule has 2 fully saturated rings. The average Bonchev–Trinajstić information content (AvgIpc) is 3.13. The van der Waals surface area contributed by atoms with Crippen LogP contribution in [0.15, 0.2) is 18.2 Å². The maximum absolute atomic E-state index is 13.8. The van der Waals surface area contributed by atoms with Crippen LogP contribution in [0.5, 0.6) is 0 Å². The highest BCUT2D eigenvalue weighted by atomic mass is 19.1. The van der Waals surface area contributed by atoms with Gasteiger partial charge in [0.2, 0.25) is 5.91 Å². The van der Waals surface area contributed by atoms with Crippen molar-refractivity contribution in [1.82, 2.24) is 9.80 Å². The standard InChI is InChI=1S/C19H26F2N2O2/c1-22(19(24)16-6-9-25-13-16)11-14-4-7-23(8-5-14)12-15-2-3-17(20)10-18(15)21/h2-3,10,14,16H,4-9,11-13H2,1H3. The summed E-state index contributed by atoms with van der Waals surface area (Å²) in [6.07, 6.45) is 2.80. The van der Waals surface area contributed by atoms with Crippen LogP contribution in [0.25, 0.3) is 0 Å². The van der Waals surface area contributed by atoms with Gasteiger partial charge in [0.15, 0.2) is 0 Å². The van der Waals surface area contributed by atoms with E-state index in [-0.39, 0.29) is 11.8 Å². The number of nitrogens with zero attached hydrogens (tertiary/aromatic N) is 2. The minimum absolute atomic E-state index is 0.0199. The molecule has 0 radical (unpaired) electrons. The lowest BCUT2D eigenvalue weighted by molar-refractivity contribution is -0.134. The highest BCUT2D eigenvalue weighted by Gasteiger charge is 2.28. The zero-order chi connectivity index (χ0) is 17.8. The fourth-order valence-corrected chi connectivity index (χ4v) is 3.74. The van der Waals surface area contributed by atoms with E-state index in [1.165, 1.54) is 12.1 Å². The number of ether oxygens (including phenoxy) is 1. The summed E-state index contributed by atoms with van der Waals surface area (Å²) in [6, 6.07) is 3.76. The molecule has 0 aromatic heterocycles. The molecule has 0 spiro atoms. The van der Waals surface area contributed by atoms with Crippen molar-refractivity contribution in [2.45, 2.75) is 25.8 Å². The first-order valence-corrected chi connectivity index (χ1v) is 9.02. The number of halogens is 2. The summed E-state index contributed by atoms with van der Waals surface area (Å²) in [4.78, 5) is 16.4. The van der Waals surface area contributed by atoms with E-state index in [1.807, 2.05) is 11.9 Å². The Labute approximate surface area is 147 Å². The number of amides is 1. The number of carbonyl (C=O) groups excluding carboxylic acids is 1. The summed E-state index contributed by atoms with van der Waals surface area (Å²) in [5.41, 5.74) is 0.536. The van der Waals surface area contributed by atoms with Gasteiger partial charge in [0.25, 0.3) is 0 Å². The fraction of sp³-hybridized carbons (Fsp3) is 0.632.